The van der Waals surface area contributed by atoms with E-state index in [1.165, 1.54) is 6.20 Å². The first-order chi connectivity index (χ1) is 12.5. The van der Waals surface area contributed by atoms with Crippen LogP contribution in [0.25, 0.3) is 0 Å². The van der Waals surface area contributed by atoms with E-state index in [2.05, 4.69) is 20.9 Å². The second kappa shape index (κ2) is 6.68. The number of aryl methyl sites for hydroxylation is 1. The van der Waals surface area contributed by atoms with E-state index >= 15 is 0 Å². The SMILES string of the molecule is Cn1ccnc1C1(CNC(=O)c2ccc(CC#N)cc2)NC(=O)NC1=O. The van der Waals surface area contributed by atoms with E-state index in [0.717, 1.165) is 5.56 Å². The number of benzene rings is 1. The van der Waals surface area contributed by atoms with Crippen molar-refractivity contribution in [3.8, 4) is 6.07 Å². The molecule has 2 heterocycles. The highest BCUT2D eigenvalue weighted by molar-refractivity contribution is 6.07. The van der Waals surface area contributed by atoms with Crippen LogP contribution in [-0.2, 0) is 23.8 Å². The van der Waals surface area contributed by atoms with Crippen molar-refractivity contribution >= 4 is 17.8 Å². The number of rotatable bonds is 5. The van der Waals surface area contributed by atoms with Gasteiger partial charge in [0.1, 0.15) is 5.82 Å². The Bertz CT molecular complexity index is 911. The van der Waals surface area contributed by atoms with Gasteiger partial charge in [-0.2, -0.15) is 5.26 Å². The van der Waals surface area contributed by atoms with Crippen LogP contribution in [0.5, 0.6) is 0 Å². The normalized spacial score (nSPS) is 18.8. The lowest BCUT2D eigenvalue weighted by Gasteiger charge is -2.25. The molecule has 0 saturated carbocycles. The molecule has 1 unspecified atom stereocenters. The van der Waals surface area contributed by atoms with Gasteiger partial charge in [-0.3, -0.25) is 14.9 Å². The van der Waals surface area contributed by atoms with Gasteiger partial charge in [-0.1, -0.05) is 12.1 Å². The Hall–Kier alpha value is -3.67. The van der Waals surface area contributed by atoms with Gasteiger partial charge < -0.3 is 15.2 Å². The third kappa shape index (κ3) is 3.00. The summed E-state index contributed by atoms with van der Waals surface area (Å²) >= 11 is 0. The van der Waals surface area contributed by atoms with Gasteiger partial charge >= 0.3 is 6.03 Å². The third-order valence-electron chi connectivity index (χ3n) is 4.16. The Morgan fingerprint density at radius 1 is 1.35 bits per heavy atom. The van der Waals surface area contributed by atoms with Crippen LogP contribution in [0.2, 0.25) is 0 Å². The highest BCUT2D eigenvalue weighted by Gasteiger charge is 2.50. The molecule has 1 aromatic heterocycles. The number of carbonyl (C=O) groups excluding carboxylic acids is 3. The van der Waals surface area contributed by atoms with Crippen LogP contribution in [0, 0.1) is 11.3 Å². The zero-order chi connectivity index (χ0) is 18.7. The fraction of sp³-hybridized carbons (Fsp3) is 0.235. The molecule has 4 amide bonds. The lowest BCUT2D eigenvalue weighted by atomic mass is 9.98. The van der Waals surface area contributed by atoms with E-state index < -0.39 is 23.4 Å². The number of imide groups is 1. The van der Waals surface area contributed by atoms with E-state index in [9.17, 15) is 14.4 Å². The van der Waals surface area contributed by atoms with Gasteiger partial charge in [0.15, 0.2) is 5.54 Å². The number of nitrogens with one attached hydrogen (secondary N) is 3. The maximum Gasteiger partial charge on any atom is 0.322 e. The van der Waals surface area contributed by atoms with Crippen LogP contribution in [0.1, 0.15) is 21.7 Å². The minimum Gasteiger partial charge on any atom is -0.349 e. The molecule has 1 saturated heterocycles. The Balaban J connectivity index is 1.80. The third-order valence-corrected chi connectivity index (χ3v) is 4.16. The Morgan fingerprint density at radius 2 is 2.08 bits per heavy atom. The molecule has 0 bridgehead atoms. The van der Waals surface area contributed by atoms with Crippen molar-refractivity contribution in [3.05, 3.63) is 53.6 Å². The molecule has 1 atom stereocenters. The van der Waals surface area contributed by atoms with E-state index in [-0.39, 0.29) is 13.0 Å². The molecular weight excluding hydrogens is 336 g/mol. The summed E-state index contributed by atoms with van der Waals surface area (Å²) in [6, 6.07) is 7.97. The highest BCUT2D eigenvalue weighted by atomic mass is 16.2. The average Bonchev–Trinajstić information content (AvgIpc) is 3.17. The highest BCUT2D eigenvalue weighted by Crippen LogP contribution is 2.22. The minimum atomic E-state index is -1.48. The van der Waals surface area contributed by atoms with Gasteiger partial charge in [-0.25, -0.2) is 9.78 Å². The zero-order valence-electron chi connectivity index (χ0n) is 13.9. The lowest BCUT2D eigenvalue weighted by molar-refractivity contribution is -0.124. The van der Waals surface area contributed by atoms with E-state index in [4.69, 9.17) is 5.26 Å². The number of nitriles is 1. The van der Waals surface area contributed by atoms with Crippen LogP contribution in [-0.4, -0.2) is 33.9 Å². The van der Waals surface area contributed by atoms with E-state index in [1.54, 1.807) is 42.1 Å². The van der Waals surface area contributed by atoms with E-state index in [0.29, 0.717) is 11.4 Å². The quantitative estimate of drug-likeness (QED) is 0.650. The predicted octanol–water partition coefficient (Wildman–Crippen LogP) is -0.0491. The van der Waals surface area contributed by atoms with Crippen molar-refractivity contribution in [2.45, 2.75) is 12.0 Å². The van der Waals surface area contributed by atoms with Crippen LogP contribution in [0.4, 0.5) is 4.79 Å². The number of nitrogens with zero attached hydrogens (tertiary/aromatic N) is 3. The van der Waals surface area contributed by atoms with Crippen molar-refractivity contribution in [1.82, 2.24) is 25.5 Å². The summed E-state index contributed by atoms with van der Waals surface area (Å²) in [6.07, 6.45) is 3.41. The summed E-state index contributed by atoms with van der Waals surface area (Å²) in [5.41, 5.74) is -0.298. The van der Waals surface area contributed by atoms with Crippen molar-refractivity contribution < 1.29 is 14.4 Å². The topological polar surface area (TPSA) is 129 Å². The first-order valence-corrected chi connectivity index (χ1v) is 7.82. The van der Waals surface area contributed by atoms with Crippen LogP contribution in [0.3, 0.4) is 0 Å². The van der Waals surface area contributed by atoms with Gasteiger partial charge in [-0.05, 0) is 17.7 Å². The number of carbonyl (C=O) groups is 3. The molecule has 2 aromatic rings. The van der Waals surface area contributed by atoms with Crippen molar-refractivity contribution in [1.29, 1.82) is 5.26 Å². The average molecular weight is 352 g/mol. The monoisotopic (exact) mass is 352 g/mol. The summed E-state index contributed by atoms with van der Waals surface area (Å²) < 4.78 is 1.61. The second-order valence-corrected chi connectivity index (χ2v) is 5.89. The standard InChI is InChI=1S/C17H16N6O3/c1-23-9-8-19-14(23)17(15(25)21-16(26)22-17)10-20-13(24)12-4-2-11(3-5-12)6-7-18/h2-5,8-9H,6,10H2,1H3,(H,20,24)(H2,21,22,25,26). The number of imidazole rings is 1. The van der Waals surface area contributed by atoms with Crippen molar-refractivity contribution in [3.63, 3.8) is 0 Å². The summed E-state index contributed by atoms with van der Waals surface area (Å²) in [7, 11) is 1.69. The first kappa shape index (κ1) is 17.2. The van der Waals surface area contributed by atoms with E-state index in [1.807, 2.05) is 6.07 Å². The number of amides is 4. The Kier molecular flexibility index (Phi) is 4.41. The largest absolute Gasteiger partial charge is 0.349 e. The van der Waals surface area contributed by atoms with Crippen LogP contribution < -0.4 is 16.0 Å². The first-order valence-electron chi connectivity index (χ1n) is 7.82. The molecule has 132 valence electrons. The van der Waals surface area contributed by atoms with Gasteiger partial charge in [0.2, 0.25) is 0 Å². The molecule has 1 fully saturated rings. The van der Waals surface area contributed by atoms with Gasteiger partial charge in [0.25, 0.3) is 11.8 Å². The number of aromatic nitrogens is 2. The van der Waals surface area contributed by atoms with Gasteiger partial charge in [0, 0.05) is 25.0 Å². The fourth-order valence-corrected chi connectivity index (χ4v) is 2.81. The molecule has 3 rings (SSSR count). The molecule has 0 aliphatic carbocycles. The van der Waals surface area contributed by atoms with Crippen LogP contribution >= 0.6 is 0 Å². The Labute approximate surface area is 149 Å². The smallest absolute Gasteiger partial charge is 0.322 e. The molecule has 1 aliphatic heterocycles. The molecule has 0 spiro atoms. The summed E-state index contributed by atoms with van der Waals surface area (Å²) in [5, 5.41) is 16.1. The molecule has 9 heteroatoms. The number of hydrogen-bond donors (Lipinski definition) is 3. The molecule has 1 aliphatic rings. The molecular formula is C17H16N6O3. The zero-order valence-corrected chi connectivity index (χ0v) is 13.9. The number of hydrogen-bond acceptors (Lipinski definition) is 5. The lowest BCUT2D eigenvalue weighted by Crippen LogP contribution is -2.54. The number of urea groups is 1. The summed E-state index contributed by atoms with van der Waals surface area (Å²) in [6.45, 7) is -0.159. The Morgan fingerprint density at radius 3 is 2.62 bits per heavy atom. The molecule has 26 heavy (non-hydrogen) atoms. The van der Waals surface area contributed by atoms with Gasteiger partial charge in [-0.15, -0.1) is 0 Å². The predicted molar refractivity (Wildman–Crippen MR) is 89.7 cm³/mol. The van der Waals surface area contributed by atoms with Crippen molar-refractivity contribution in [2.75, 3.05) is 6.54 Å². The molecule has 9 nitrogen and oxygen atoms in total. The summed E-state index contributed by atoms with van der Waals surface area (Å²) in [5.74, 6) is -0.678. The maximum absolute atomic E-state index is 12.4. The molecule has 0 radical (unpaired) electrons. The fourth-order valence-electron chi connectivity index (χ4n) is 2.81. The minimum absolute atomic E-state index is 0.159. The summed E-state index contributed by atoms with van der Waals surface area (Å²) in [4.78, 5) is 40.6. The van der Waals surface area contributed by atoms with Crippen LogP contribution in [0.15, 0.2) is 36.7 Å². The van der Waals surface area contributed by atoms with Crippen molar-refractivity contribution in [2.24, 2.45) is 7.05 Å². The second-order valence-electron chi connectivity index (χ2n) is 5.89. The maximum atomic E-state index is 12.4. The molecule has 1 aromatic carbocycles. The van der Waals surface area contributed by atoms with Gasteiger partial charge in [0.05, 0.1) is 19.0 Å². The molecule has 3 N–H and O–H groups in total.